The third kappa shape index (κ3) is 3.54. The first kappa shape index (κ1) is 14.5. The van der Waals surface area contributed by atoms with Crippen LogP contribution in [-0.4, -0.2) is 29.4 Å². The summed E-state index contributed by atoms with van der Waals surface area (Å²) in [5, 5.41) is 12.4. The fourth-order valence-corrected chi connectivity index (χ4v) is 2.91. The summed E-state index contributed by atoms with van der Waals surface area (Å²) in [4.78, 5) is 12.1. The molecule has 1 aromatic heterocycles. The summed E-state index contributed by atoms with van der Waals surface area (Å²) in [6, 6.07) is 3.70. The molecule has 1 heterocycles. The number of amides is 1. The average molecular weight is 283 g/mol. The third-order valence-electron chi connectivity index (χ3n) is 3.65. The highest BCUT2D eigenvalue weighted by atomic mass is 32.2. The highest BCUT2D eigenvalue weighted by Crippen LogP contribution is 2.31. The number of carbonyl (C=O) groups excluding carboxylic acids is 1. The lowest BCUT2D eigenvalue weighted by atomic mass is 9.76. The van der Waals surface area contributed by atoms with Crippen molar-refractivity contribution in [1.82, 2.24) is 5.32 Å². The van der Waals surface area contributed by atoms with Crippen molar-refractivity contribution in [3.8, 4) is 0 Å². The topological polar surface area (TPSA) is 62.5 Å². The summed E-state index contributed by atoms with van der Waals surface area (Å²) in [5.74, 6) is 2.22. The first-order valence-corrected chi connectivity index (χ1v) is 8.10. The molecule has 2 rings (SSSR count). The van der Waals surface area contributed by atoms with E-state index in [4.69, 9.17) is 4.42 Å². The van der Waals surface area contributed by atoms with Gasteiger partial charge in [0, 0.05) is 6.04 Å². The van der Waals surface area contributed by atoms with Crippen molar-refractivity contribution in [2.24, 2.45) is 5.92 Å². The number of aliphatic hydroxyl groups is 1. The molecule has 0 saturated heterocycles. The molecule has 5 heteroatoms. The van der Waals surface area contributed by atoms with Gasteiger partial charge in [-0.1, -0.05) is 6.92 Å². The third-order valence-corrected chi connectivity index (χ3v) is 4.22. The minimum Gasteiger partial charge on any atom is -0.455 e. The molecule has 1 aromatic rings. The second-order valence-corrected chi connectivity index (χ2v) is 5.94. The molecule has 0 bridgehead atoms. The highest BCUT2D eigenvalue weighted by Gasteiger charge is 2.34. The molecule has 106 valence electrons. The van der Waals surface area contributed by atoms with Crippen molar-refractivity contribution in [2.75, 3.05) is 6.26 Å². The quantitative estimate of drug-likeness (QED) is 0.841. The van der Waals surface area contributed by atoms with Crippen LogP contribution in [0.5, 0.6) is 0 Å². The highest BCUT2D eigenvalue weighted by molar-refractivity contribution is 7.97. The Morgan fingerprint density at radius 1 is 1.58 bits per heavy atom. The fourth-order valence-electron chi connectivity index (χ4n) is 2.47. The Labute approximate surface area is 117 Å². The maximum Gasteiger partial charge on any atom is 0.287 e. The van der Waals surface area contributed by atoms with Crippen LogP contribution in [-0.2, 0) is 5.75 Å². The van der Waals surface area contributed by atoms with Gasteiger partial charge in [-0.15, -0.1) is 0 Å². The molecule has 0 radical (unpaired) electrons. The lowest BCUT2D eigenvalue weighted by Gasteiger charge is -2.37. The number of furan rings is 1. The van der Waals surface area contributed by atoms with Crippen molar-refractivity contribution in [3.05, 3.63) is 23.7 Å². The van der Waals surface area contributed by atoms with Crippen LogP contribution in [0.2, 0.25) is 0 Å². The molecule has 1 aliphatic carbocycles. The summed E-state index contributed by atoms with van der Waals surface area (Å²) < 4.78 is 5.50. The van der Waals surface area contributed by atoms with Gasteiger partial charge in [0.1, 0.15) is 5.76 Å². The standard InChI is InChI=1S/C14H21NO3S/c1-3-12(9-6-10(16)7-9)15-14(17)13-5-4-11(18-13)8-19-2/h4-5,9-10,12,16H,3,6-8H2,1-2H3,(H,15,17)/t9?,10?,12-/m1/s1. The normalized spacial score (nSPS) is 23.7. The molecule has 1 fully saturated rings. The summed E-state index contributed by atoms with van der Waals surface area (Å²) >= 11 is 1.66. The van der Waals surface area contributed by atoms with Crippen LogP contribution < -0.4 is 5.32 Å². The van der Waals surface area contributed by atoms with Crippen LogP contribution in [0.15, 0.2) is 16.5 Å². The summed E-state index contributed by atoms with van der Waals surface area (Å²) in [6.07, 6.45) is 4.26. The van der Waals surface area contributed by atoms with E-state index < -0.39 is 0 Å². The first-order chi connectivity index (χ1) is 9.13. The summed E-state index contributed by atoms with van der Waals surface area (Å²) in [7, 11) is 0. The van der Waals surface area contributed by atoms with Crippen molar-refractivity contribution in [3.63, 3.8) is 0 Å². The van der Waals surface area contributed by atoms with E-state index in [0.29, 0.717) is 11.7 Å². The Morgan fingerprint density at radius 2 is 2.32 bits per heavy atom. The summed E-state index contributed by atoms with van der Waals surface area (Å²) in [6.45, 7) is 2.05. The van der Waals surface area contributed by atoms with Gasteiger partial charge in [-0.2, -0.15) is 11.8 Å². The molecule has 0 spiro atoms. The average Bonchev–Trinajstić information content (AvgIpc) is 2.81. The molecule has 0 aliphatic heterocycles. The molecule has 1 amide bonds. The van der Waals surface area contributed by atoms with E-state index in [1.54, 1.807) is 17.8 Å². The van der Waals surface area contributed by atoms with E-state index in [1.807, 2.05) is 12.3 Å². The molecule has 1 atom stereocenters. The number of thioether (sulfide) groups is 1. The van der Waals surface area contributed by atoms with Crippen LogP contribution in [0, 0.1) is 5.92 Å². The summed E-state index contributed by atoms with van der Waals surface area (Å²) in [5.41, 5.74) is 0. The first-order valence-electron chi connectivity index (χ1n) is 6.70. The molecular weight excluding hydrogens is 262 g/mol. The monoisotopic (exact) mass is 283 g/mol. The van der Waals surface area contributed by atoms with Gasteiger partial charge in [-0.05, 0) is 43.6 Å². The predicted octanol–water partition coefficient (Wildman–Crippen LogP) is 2.42. The Bertz CT molecular complexity index is 426. The van der Waals surface area contributed by atoms with E-state index in [-0.39, 0.29) is 18.1 Å². The predicted molar refractivity (Wildman–Crippen MR) is 76.2 cm³/mol. The Morgan fingerprint density at radius 3 is 2.89 bits per heavy atom. The maximum atomic E-state index is 12.1. The van der Waals surface area contributed by atoms with Crippen LogP contribution in [0.1, 0.15) is 42.5 Å². The second-order valence-electron chi connectivity index (χ2n) is 5.07. The number of rotatable bonds is 6. The van der Waals surface area contributed by atoms with Crippen molar-refractivity contribution >= 4 is 17.7 Å². The van der Waals surface area contributed by atoms with Gasteiger partial charge in [0.05, 0.1) is 11.9 Å². The Hall–Kier alpha value is -0.940. The van der Waals surface area contributed by atoms with Gasteiger partial charge >= 0.3 is 0 Å². The molecule has 1 aliphatic rings. The van der Waals surface area contributed by atoms with Crippen molar-refractivity contribution in [1.29, 1.82) is 0 Å². The van der Waals surface area contributed by atoms with Gasteiger partial charge in [-0.25, -0.2) is 0 Å². The Kier molecular flexibility index (Phi) is 4.93. The minimum atomic E-state index is -0.187. The van der Waals surface area contributed by atoms with E-state index in [9.17, 15) is 9.90 Å². The Balaban J connectivity index is 1.91. The minimum absolute atomic E-state index is 0.130. The molecule has 0 unspecified atom stereocenters. The lowest BCUT2D eigenvalue weighted by molar-refractivity contribution is 0.0229. The number of nitrogens with one attached hydrogen (secondary N) is 1. The van der Waals surface area contributed by atoms with Gasteiger partial charge in [-0.3, -0.25) is 4.79 Å². The molecule has 2 N–H and O–H groups in total. The number of hydrogen-bond donors (Lipinski definition) is 2. The molecular formula is C14H21NO3S. The zero-order valence-corrected chi connectivity index (χ0v) is 12.2. The zero-order chi connectivity index (χ0) is 13.8. The zero-order valence-electron chi connectivity index (χ0n) is 11.4. The van der Waals surface area contributed by atoms with Gasteiger partial charge in [0.25, 0.3) is 5.91 Å². The van der Waals surface area contributed by atoms with E-state index >= 15 is 0 Å². The van der Waals surface area contributed by atoms with E-state index in [2.05, 4.69) is 12.2 Å². The van der Waals surface area contributed by atoms with E-state index in [1.165, 1.54) is 0 Å². The largest absolute Gasteiger partial charge is 0.455 e. The van der Waals surface area contributed by atoms with E-state index in [0.717, 1.165) is 30.8 Å². The van der Waals surface area contributed by atoms with Gasteiger partial charge < -0.3 is 14.8 Å². The van der Waals surface area contributed by atoms with Gasteiger partial charge in [0.15, 0.2) is 5.76 Å². The number of aliphatic hydroxyl groups excluding tert-OH is 1. The van der Waals surface area contributed by atoms with Crippen molar-refractivity contribution < 1.29 is 14.3 Å². The van der Waals surface area contributed by atoms with Crippen LogP contribution >= 0.6 is 11.8 Å². The number of carbonyl (C=O) groups is 1. The van der Waals surface area contributed by atoms with Crippen LogP contribution in [0.25, 0.3) is 0 Å². The smallest absolute Gasteiger partial charge is 0.287 e. The fraction of sp³-hybridized carbons (Fsp3) is 0.643. The molecule has 0 aromatic carbocycles. The SMILES string of the molecule is CC[C@@H](NC(=O)c1ccc(CSC)o1)C1CC(O)C1. The molecule has 1 saturated carbocycles. The van der Waals surface area contributed by atoms with Crippen molar-refractivity contribution in [2.45, 2.75) is 44.1 Å². The second kappa shape index (κ2) is 6.48. The lowest BCUT2D eigenvalue weighted by Crippen LogP contribution is -2.46. The van der Waals surface area contributed by atoms with Crippen LogP contribution in [0.4, 0.5) is 0 Å². The molecule has 19 heavy (non-hydrogen) atoms. The number of hydrogen-bond acceptors (Lipinski definition) is 4. The van der Waals surface area contributed by atoms with Crippen LogP contribution in [0.3, 0.4) is 0 Å². The maximum absolute atomic E-state index is 12.1. The molecule has 4 nitrogen and oxygen atoms in total. The van der Waals surface area contributed by atoms with Gasteiger partial charge in [0.2, 0.25) is 0 Å².